The van der Waals surface area contributed by atoms with Crippen molar-refractivity contribution in [1.29, 1.82) is 0 Å². The molecular formula is C13H16BrNO2S. The zero-order valence-electron chi connectivity index (χ0n) is 10.1. The fraction of sp³-hybridized carbons (Fsp3) is 0.615. The van der Waals surface area contributed by atoms with Gasteiger partial charge >= 0.3 is 5.97 Å². The fourth-order valence-electron chi connectivity index (χ4n) is 3.50. The van der Waals surface area contributed by atoms with Crippen molar-refractivity contribution in [3.05, 3.63) is 20.8 Å². The minimum absolute atomic E-state index is 0.355. The second kappa shape index (κ2) is 4.62. The number of thiophene rings is 1. The van der Waals surface area contributed by atoms with Gasteiger partial charge in [0.25, 0.3) is 0 Å². The Hall–Kier alpha value is -0.390. The largest absolute Gasteiger partial charge is 0.481 e. The van der Waals surface area contributed by atoms with Crippen molar-refractivity contribution in [1.82, 2.24) is 4.90 Å². The normalized spacial score (nSPS) is 31.7. The maximum Gasteiger partial charge on any atom is 0.311 e. The Kier molecular flexibility index (Phi) is 3.24. The lowest BCUT2D eigenvalue weighted by molar-refractivity contribution is -0.149. The minimum atomic E-state index is -0.585. The molecular weight excluding hydrogens is 314 g/mol. The third-order valence-corrected chi connectivity index (χ3v) is 6.34. The summed E-state index contributed by atoms with van der Waals surface area (Å²) in [4.78, 5) is 15.2. The van der Waals surface area contributed by atoms with E-state index in [2.05, 4.69) is 32.3 Å². The Labute approximate surface area is 119 Å². The standard InChI is InChI=1S/C13H16BrNO2S/c14-10-3-5-18-11(10)7-15-6-9-2-1-4-13(9,8-15)12(16)17/h3,5,9H,1-2,4,6-8H2,(H,16,17)/t9-,13+/m0/s1. The molecule has 5 heteroatoms. The first kappa shape index (κ1) is 12.6. The first-order valence-corrected chi connectivity index (χ1v) is 7.97. The van der Waals surface area contributed by atoms with Gasteiger partial charge < -0.3 is 5.11 Å². The molecule has 1 saturated carbocycles. The van der Waals surface area contributed by atoms with Crippen molar-refractivity contribution in [2.45, 2.75) is 25.8 Å². The quantitative estimate of drug-likeness (QED) is 0.925. The van der Waals surface area contributed by atoms with Crippen LogP contribution in [0.25, 0.3) is 0 Å². The van der Waals surface area contributed by atoms with E-state index in [1.165, 1.54) is 4.88 Å². The van der Waals surface area contributed by atoms with Crippen molar-refractivity contribution in [3.63, 3.8) is 0 Å². The highest BCUT2D eigenvalue weighted by Gasteiger charge is 2.54. The van der Waals surface area contributed by atoms with Crippen molar-refractivity contribution in [3.8, 4) is 0 Å². The van der Waals surface area contributed by atoms with Gasteiger partial charge in [-0.1, -0.05) is 6.42 Å². The summed E-state index contributed by atoms with van der Waals surface area (Å²) < 4.78 is 1.15. The van der Waals surface area contributed by atoms with E-state index in [0.717, 1.165) is 43.4 Å². The molecule has 2 fully saturated rings. The summed E-state index contributed by atoms with van der Waals surface area (Å²) >= 11 is 5.28. The van der Waals surface area contributed by atoms with Crippen LogP contribution in [-0.2, 0) is 11.3 Å². The Bertz CT molecular complexity index is 475. The van der Waals surface area contributed by atoms with Crippen molar-refractivity contribution in [2.75, 3.05) is 13.1 Å². The average molecular weight is 330 g/mol. The molecule has 2 heterocycles. The van der Waals surface area contributed by atoms with E-state index in [9.17, 15) is 9.90 Å². The van der Waals surface area contributed by atoms with Crippen molar-refractivity contribution >= 4 is 33.2 Å². The van der Waals surface area contributed by atoms with Gasteiger partial charge in [-0.15, -0.1) is 11.3 Å². The molecule has 1 aromatic rings. The van der Waals surface area contributed by atoms with E-state index in [1.807, 2.05) is 0 Å². The highest BCUT2D eigenvalue weighted by molar-refractivity contribution is 9.10. The third-order valence-electron chi connectivity index (χ3n) is 4.43. The van der Waals surface area contributed by atoms with E-state index < -0.39 is 11.4 Å². The van der Waals surface area contributed by atoms with Crippen LogP contribution in [-0.4, -0.2) is 29.1 Å². The van der Waals surface area contributed by atoms with Crippen LogP contribution in [0.4, 0.5) is 0 Å². The summed E-state index contributed by atoms with van der Waals surface area (Å²) in [6, 6.07) is 2.06. The molecule has 3 rings (SSSR count). The second-order valence-electron chi connectivity index (χ2n) is 5.41. The molecule has 1 aromatic heterocycles. The Morgan fingerprint density at radius 1 is 1.67 bits per heavy atom. The molecule has 0 spiro atoms. The smallest absolute Gasteiger partial charge is 0.311 e. The van der Waals surface area contributed by atoms with Gasteiger partial charge in [-0.25, -0.2) is 0 Å². The Morgan fingerprint density at radius 2 is 2.50 bits per heavy atom. The summed E-state index contributed by atoms with van der Waals surface area (Å²) in [5.41, 5.74) is -0.455. The monoisotopic (exact) mass is 329 g/mol. The first-order valence-electron chi connectivity index (χ1n) is 6.29. The molecule has 0 aromatic carbocycles. The molecule has 3 nitrogen and oxygen atoms in total. The van der Waals surface area contributed by atoms with Gasteiger partial charge in [-0.3, -0.25) is 9.69 Å². The number of halogens is 1. The average Bonchev–Trinajstić information content (AvgIpc) is 2.94. The summed E-state index contributed by atoms with van der Waals surface area (Å²) in [6.07, 6.45) is 3.01. The molecule has 1 N–H and O–H groups in total. The van der Waals surface area contributed by atoms with Gasteiger partial charge in [0.2, 0.25) is 0 Å². The number of likely N-dealkylation sites (tertiary alicyclic amines) is 1. The van der Waals surface area contributed by atoms with Crippen LogP contribution in [0.5, 0.6) is 0 Å². The lowest BCUT2D eigenvalue weighted by atomic mass is 9.81. The van der Waals surface area contributed by atoms with Gasteiger partial charge in [0.05, 0.1) is 5.41 Å². The lowest BCUT2D eigenvalue weighted by Gasteiger charge is -2.23. The number of carboxylic acid groups (broad SMARTS) is 1. The molecule has 0 amide bonds. The summed E-state index contributed by atoms with van der Waals surface area (Å²) in [5, 5.41) is 11.6. The Morgan fingerprint density at radius 3 is 3.11 bits per heavy atom. The van der Waals surface area contributed by atoms with Crippen LogP contribution in [0.15, 0.2) is 15.9 Å². The van der Waals surface area contributed by atoms with E-state index in [1.54, 1.807) is 11.3 Å². The van der Waals surface area contributed by atoms with Gasteiger partial charge in [0, 0.05) is 29.0 Å². The number of hydrogen-bond acceptors (Lipinski definition) is 3. The lowest BCUT2D eigenvalue weighted by Crippen LogP contribution is -2.35. The molecule has 1 aliphatic heterocycles. The van der Waals surface area contributed by atoms with Crippen LogP contribution in [0.1, 0.15) is 24.1 Å². The van der Waals surface area contributed by atoms with Gasteiger partial charge in [0.15, 0.2) is 0 Å². The van der Waals surface area contributed by atoms with E-state index in [-0.39, 0.29) is 0 Å². The number of carboxylic acids is 1. The summed E-state index contributed by atoms with van der Waals surface area (Å²) in [6.45, 7) is 2.54. The SMILES string of the molecule is O=C(O)[C@@]12CCC[C@H]1CN(Cc1sccc1Br)C2. The van der Waals surface area contributed by atoms with Crippen LogP contribution < -0.4 is 0 Å². The zero-order valence-corrected chi connectivity index (χ0v) is 12.5. The van der Waals surface area contributed by atoms with Crippen molar-refractivity contribution in [2.24, 2.45) is 11.3 Å². The maximum absolute atomic E-state index is 11.6. The van der Waals surface area contributed by atoms with Gasteiger partial charge in [-0.05, 0) is 46.1 Å². The van der Waals surface area contributed by atoms with Crippen LogP contribution in [0.3, 0.4) is 0 Å². The summed E-state index contributed by atoms with van der Waals surface area (Å²) in [7, 11) is 0. The predicted molar refractivity (Wildman–Crippen MR) is 74.7 cm³/mol. The number of nitrogens with zero attached hydrogens (tertiary/aromatic N) is 1. The van der Waals surface area contributed by atoms with E-state index in [4.69, 9.17) is 0 Å². The zero-order chi connectivity index (χ0) is 12.8. The third kappa shape index (κ3) is 1.92. The molecule has 2 atom stereocenters. The van der Waals surface area contributed by atoms with Gasteiger partial charge in [0.1, 0.15) is 0 Å². The van der Waals surface area contributed by atoms with Crippen LogP contribution in [0.2, 0.25) is 0 Å². The van der Waals surface area contributed by atoms with Crippen LogP contribution in [0, 0.1) is 11.3 Å². The summed E-state index contributed by atoms with van der Waals surface area (Å²) in [5.74, 6) is -0.230. The molecule has 0 unspecified atom stereocenters. The number of aliphatic carboxylic acids is 1. The number of carbonyl (C=O) groups is 1. The van der Waals surface area contributed by atoms with E-state index in [0.29, 0.717) is 5.92 Å². The first-order chi connectivity index (χ1) is 8.62. The highest BCUT2D eigenvalue weighted by Crippen LogP contribution is 2.49. The fourth-order valence-corrected chi connectivity index (χ4v) is 5.02. The predicted octanol–water partition coefficient (Wildman–Crippen LogP) is 3.20. The molecule has 18 heavy (non-hydrogen) atoms. The van der Waals surface area contributed by atoms with Crippen molar-refractivity contribution < 1.29 is 9.90 Å². The molecule has 1 saturated heterocycles. The second-order valence-corrected chi connectivity index (χ2v) is 7.27. The van der Waals surface area contributed by atoms with Crippen LogP contribution >= 0.6 is 27.3 Å². The Balaban J connectivity index is 1.75. The molecule has 0 radical (unpaired) electrons. The minimum Gasteiger partial charge on any atom is -0.481 e. The number of fused-ring (bicyclic) bond motifs is 1. The number of rotatable bonds is 3. The molecule has 98 valence electrons. The van der Waals surface area contributed by atoms with E-state index >= 15 is 0 Å². The topological polar surface area (TPSA) is 40.5 Å². The molecule has 2 aliphatic rings. The molecule has 1 aliphatic carbocycles. The number of hydrogen-bond donors (Lipinski definition) is 1. The molecule has 0 bridgehead atoms. The highest BCUT2D eigenvalue weighted by atomic mass is 79.9. The van der Waals surface area contributed by atoms with Gasteiger partial charge in [-0.2, -0.15) is 0 Å². The maximum atomic E-state index is 11.6.